The Morgan fingerprint density at radius 2 is 1.96 bits per heavy atom. The van der Waals surface area contributed by atoms with Crippen LogP contribution in [0.15, 0.2) is 30.3 Å². The van der Waals surface area contributed by atoms with Crippen LogP contribution in [0, 0.1) is 5.92 Å². The molecule has 0 aliphatic carbocycles. The predicted octanol–water partition coefficient (Wildman–Crippen LogP) is -0.0589. The number of imide groups is 1. The quantitative estimate of drug-likeness (QED) is 0.630. The fourth-order valence-electron chi connectivity index (χ4n) is 3.60. The van der Waals surface area contributed by atoms with Gasteiger partial charge < -0.3 is 10.6 Å². The first-order valence-electron chi connectivity index (χ1n) is 9.21. The number of benzene rings is 1. The zero-order chi connectivity index (χ0) is 20.3. The van der Waals surface area contributed by atoms with Crippen molar-refractivity contribution in [2.75, 3.05) is 13.1 Å². The van der Waals surface area contributed by atoms with Gasteiger partial charge in [0.15, 0.2) is 5.25 Å². The number of urea groups is 1. The van der Waals surface area contributed by atoms with Crippen molar-refractivity contribution in [3.8, 4) is 0 Å². The molecular weight excluding hydrogens is 384 g/mol. The Bertz CT molecular complexity index is 858. The Hall–Kier alpha value is -2.46. The summed E-state index contributed by atoms with van der Waals surface area (Å²) in [6.45, 7) is 2.12. The van der Waals surface area contributed by atoms with Gasteiger partial charge in [-0.3, -0.25) is 14.9 Å². The molecule has 0 saturated carbocycles. The van der Waals surface area contributed by atoms with E-state index in [9.17, 15) is 22.8 Å². The second-order valence-corrected chi connectivity index (χ2v) is 9.17. The zero-order valence-electron chi connectivity index (χ0n) is 15.6. The van der Waals surface area contributed by atoms with Crippen LogP contribution in [-0.2, 0) is 26.2 Å². The van der Waals surface area contributed by atoms with E-state index in [-0.39, 0.29) is 19.0 Å². The molecule has 2 saturated heterocycles. The first-order chi connectivity index (χ1) is 13.3. The summed E-state index contributed by atoms with van der Waals surface area (Å²) < 4.78 is 27.2. The van der Waals surface area contributed by atoms with E-state index in [1.54, 1.807) is 0 Å². The minimum Gasteiger partial charge on any atom is -0.352 e. The first kappa shape index (κ1) is 20.3. The maximum Gasteiger partial charge on any atom is 0.321 e. The molecule has 152 valence electrons. The van der Waals surface area contributed by atoms with Crippen LogP contribution in [0.1, 0.15) is 25.3 Å². The summed E-state index contributed by atoms with van der Waals surface area (Å²) in [7, 11) is -4.01. The Balaban J connectivity index is 1.65. The van der Waals surface area contributed by atoms with Crippen LogP contribution >= 0.6 is 0 Å². The highest BCUT2D eigenvalue weighted by Gasteiger charge is 2.46. The molecule has 28 heavy (non-hydrogen) atoms. The number of nitrogens with zero attached hydrogens (tertiary/aromatic N) is 1. The number of piperidine rings is 1. The van der Waals surface area contributed by atoms with E-state index < -0.39 is 39.2 Å². The van der Waals surface area contributed by atoms with Crippen LogP contribution in [0.4, 0.5) is 4.79 Å². The van der Waals surface area contributed by atoms with Gasteiger partial charge in [0, 0.05) is 19.6 Å². The molecule has 1 aromatic carbocycles. The minimum absolute atomic E-state index is 0.0212. The van der Waals surface area contributed by atoms with Crippen LogP contribution < -0.4 is 16.0 Å². The van der Waals surface area contributed by atoms with Gasteiger partial charge in [-0.1, -0.05) is 30.3 Å². The third-order valence-electron chi connectivity index (χ3n) is 5.05. The third kappa shape index (κ3) is 4.33. The van der Waals surface area contributed by atoms with Gasteiger partial charge in [0.1, 0.15) is 0 Å². The van der Waals surface area contributed by atoms with E-state index in [4.69, 9.17) is 0 Å². The monoisotopic (exact) mass is 408 g/mol. The SMILES string of the molecule is CC1NC(=O)NC(=O)C1S(=O)(=O)N1CCCC(C(=O)NCc2ccccc2)C1. The number of hydrogen-bond acceptors (Lipinski definition) is 5. The second-order valence-electron chi connectivity index (χ2n) is 7.12. The highest BCUT2D eigenvalue weighted by molar-refractivity contribution is 7.90. The number of carbonyl (C=O) groups excluding carboxylic acids is 3. The molecule has 0 spiro atoms. The van der Waals surface area contributed by atoms with Gasteiger partial charge in [-0.05, 0) is 25.3 Å². The van der Waals surface area contributed by atoms with Crippen molar-refractivity contribution in [2.24, 2.45) is 5.92 Å². The van der Waals surface area contributed by atoms with E-state index in [2.05, 4.69) is 10.6 Å². The Morgan fingerprint density at radius 3 is 2.64 bits per heavy atom. The summed E-state index contributed by atoms with van der Waals surface area (Å²) in [5.41, 5.74) is 0.958. The lowest BCUT2D eigenvalue weighted by Gasteiger charge is -2.36. The molecule has 1 aromatic rings. The number of carbonyl (C=O) groups is 3. The summed E-state index contributed by atoms with van der Waals surface area (Å²) >= 11 is 0. The van der Waals surface area contributed by atoms with Crippen molar-refractivity contribution in [3.05, 3.63) is 35.9 Å². The molecular formula is C18H24N4O5S. The number of sulfonamides is 1. The summed E-state index contributed by atoms with van der Waals surface area (Å²) in [4.78, 5) is 36.0. The van der Waals surface area contributed by atoms with Crippen molar-refractivity contribution in [1.82, 2.24) is 20.3 Å². The Kier molecular flexibility index (Phi) is 5.99. The summed E-state index contributed by atoms with van der Waals surface area (Å²) in [6.07, 6.45) is 1.10. The van der Waals surface area contributed by atoms with Crippen LogP contribution in [0.3, 0.4) is 0 Å². The molecule has 0 radical (unpaired) electrons. The highest BCUT2D eigenvalue weighted by atomic mass is 32.2. The average molecular weight is 408 g/mol. The molecule has 3 atom stereocenters. The van der Waals surface area contributed by atoms with Crippen molar-refractivity contribution < 1.29 is 22.8 Å². The Morgan fingerprint density at radius 1 is 1.25 bits per heavy atom. The second kappa shape index (κ2) is 8.27. The van der Waals surface area contributed by atoms with Crippen LogP contribution in [0.25, 0.3) is 0 Å². The molecule has 0 bridgehead atoms. The number of nitrogens with one attached hydrogen (secondary N) is 3. The molecule has 2 heterocycles. The van der Waals surface area contributed by atoms with Gasteiger partial charge in [0.2, 0.25) is 21.8 Å². The Labute approximate surface area is 163 Å². The zero-order valence-corrected chi connectivity index (χ0v) is 16.4. The van der Waals surface area contributed by atoms with E-state index in [1.165, 1.54) is 11.2 Å². The van der Waals surface area contributed by atoms with E-state index >= 15 is 0 Å². The molecule has 4 amide bonds. The topological polar surface area (TPSA) is 125 Å². The molecule has 3 N–H and O–H groups in total. The van der Waals surface area contributed by atoms with Gasteiger partial charge in [0.05, 0.1) is 12.0 Å². The molecule has 3 unspecified atom stereocenters. The van der Waals surface area contributed by atoms with Crippen molar-refractivity contribution in [2.45, 2.75) is 37.6 Å². The number of rotatable bonds is 5. The maximum absolute atomic E-state index is 13.0. The van der Waals surface area contributed by atoms with Crippen LogP contribution in [-0.4, -0.2) is 54.9 Å². The third-order valence-corrected chi connectivity index (χ3v) is 7.37. The van der Waals surface area contributed by atoms with Gasteiger partial charge >= 0.3 is 6.03 Å². The number of hydrogen-bond donors (Lipinski definition) is 3. The lowest BCUT2D eigenvalue weighted by Crippen LogP contribution is -2.65. The van der Waals surface area contributed by atoms with Crippen LogP contribution in [0.2, 0.25) is 0 Å². The smallest absolute Gasteiger partial charge is 0.321 e. The molecule has 0 aromatic heterocycles. The van der Waals surface area contributed by atoms with E-state index in [0.29, 0.717) is 19.4 Å². The maximum atomic E-state index is 13.0. The first-order valence-corrected chi connectivity index (χ1v) is 10.7. The van der Waals surface area contributed by atoms with Crippen LogP contribution in [0.5, 0.6) is 0 Å². The van der Waals surface area contributed by atoms with E-state index in [1.807, 2.05) is 35.6 Å². The standard InChI is InChI=1S/C18H24N4O5S/c1-12-15(17(24)21-18(25)20-12)28(26,27)22-9-5-8-14(11-22)16(23)19-10-13-6-3-2-4-7-13/h2-4,6-7,12,14-15H,5,8-11H2,1H3,(H,19,23)(H2,20,21,24,25). The number of amides is 4. The summed E-state index contributed by atoms with van der Waals surface area (Å²) in [5, 5.41) is 5.87. The molecule has 2 aliphatic rings. The lowest BCUT2D eigenvalue weighted by molar-refractivity contribution is -0.126. The molecule has 9 nitrogen and oxygen atoms in total. The van der Waals surface area contributed by atoms with Crippen molar-refractivity contribution >= 4 is 27.9 Å². The molecule has 2 fully saturated rings. The van der Waals surface area contributed by atoms with Crippen molar-refractivity contribution in [1.29, 1.82) is 0 Å². The minimum atomic E-state index is -4.01. The average Bonchev–Trinajstić information content (AvgIpc) is 2.66. The summed E-state index contributed by atoms with van der Waals surface area (Å²) in [6, 6.07) is 7.89. The lowest BCUT2D eigenvalue weighted by atomic mass is 9.99. The molecule has 2 aliphatic heterocycles. The fraction of sp³-hybridized carbons (Fsp3) is 0.500. The van der Waals surface area contributed by atoms with Crippen molar-refractivity contribution in [3.63, 3.8) is 0 Å². The molecule has 10 heteroatoms. The predicted molar refractivity (Wildman–Crippen MR) is 101 cm³/mol. The normalized spacial score (nSPS) is 26.2. The van der Waals surface area contributed by atoms with Gasteiger partial charge in [-0.15, -0.1) is 0 Å². The largest absolute Gasteiger partial charge is 0.352 e. The highest BCUT2D eigenvalue weighted by Crippen LogP contribution is 2.24. The van der Waals surface area contributed by atoms with Gasteiger partial charge in [-0.2, -0.15) is 0 Å². The van der Waals surface area contributed by atoms with Gasteiger partial charge in [0.25, 0.3) is 0 Å². The van der Waals surface area contributed by atoms with Gasteiger partial charge in [-0.25, -0.2) is 17.5 Å². The van der Waals surface area contributed by atoms with E-state index in [0.717, 1.165) is 5.56 Å². The fourth-order valence-corrected chi connectivity index (χ4v) is 5.61. The summed E-state index contributed by atoms with van der Waals surface area (Å²) in [5.74, 6) is -1.53. The molecule has 3 rings (SSSR count).